The van der Waals surface area contributed by atoms with Crippen LogP contribution in [0.4, 0.5) is 5.69 Å². The topological polar surface area (TPSA) is 78.4 Å². The Morgan fingerprint density at radius 1 is 1.47 bits per heavy atom. The molecule has 1 heterocycles. The van der Waals surface area contributed by atoms with E-state index >= 15 is 0 Å². The summed E-state index contributed by atoms with van der Waals surface area (Å²) in [5, 5.41) is 14.8. The van der Waals surface area contributed by atoms with Gasteiger partial charge in [-0.3, -0.25) is 4.79 Å². The van der Waals surface area contributed by atoms with E-state index in [1.807, 2.05) is 13.0 Å². The summed E-state index contributed by atoms with van der Waals surface area (Å²) >= 11 is 0. The van der Waals surface area contributed by atoms with Gasteiger partial charge >= 0.3 is 5.97 Å². The maximum absolute atomic E-state index is 12.0. The highest BCUT2D eigenvalue weighted by Crippen LogP contribution is 2.23. The van der Waals surface area contributed by atoms with Crippen molar-refractivity contribution in [1.82, 2.24) is 5.32 Å². The number of fused-ring (bicyclic) bond motifs is 1. The van der Waals surface area contributed by atoms with E-state index < -0.39 is 12.0 Å². The molecule has 0 radical (unpaired) electrons. The fraction of sp³-hybridized carbons (Fsp3) is 0.429. The van der Waals surface area contributed by atoms with Gasteiger partial charge in [0, 0.05) is 17.8 Å². The van der Waals surface area contributed by atoms with Crippen LogP contribution in [0.2, 0.25) is 0 Å². The van der Waals surface area contributed by atoms with Crippen molar-refractivity contribution < 1.29 is 14.7 Å². The number of carbonyl (C=O) groups is 2. The molecule has 1 atom stereocenters. The van der Waals surface area contributed by atoms with E-state index in [-0.39, 0.29) is 5.91 Å². The number of carboxylic acids is 1. The van der Waals surface area contributed by atoms with Crippen LogP contribution in [0.5, 0.6) is 0 Å². The van der Waals surface area contributed by atoms with Crippen LogP contribution in [-0.2, 0) is 11.2 Å². The molecule has 0 aliphatic carbocycles. The first-order valence-electron chi connectivity index (χ1n) is 6.52. The number of nitrogens with one attached hydrogen (secondary N) is 2. The maximum Gasteiger partial charge on any atom is 0.326 e. The highest BCUT2D eigenvalue weighted by molar-refractivity contribution is 5.97. The molecular formula is C14H18N2O3. The third kappa shape index (κ3) is 3.05. The largest absolute Gasteiger partial charge is 0.480 e. The normalized spacial score (nSPS) is 14.4. The van der Waals surface area contributed by atoms with E-state index in [4.69, 9.17) is 5.11 Å². The van der Waals surface area contributed by atoms with Crippen LogP contribution < -0.4 is 10.6 Å². The predicted octanol–water partition coefficient (Wildman–Crippen LogP) is 1.64. The number of rotatable bonds is 5. The lowest BCUT2D eigenvalue weighted by atomic mass is 10.1. The number of hydrogen-bond acceptors (Lipinski definition) is 3. The molecule has 1 amide bonds. The van der Waals surface area contributed by atoms with Crippen LogP contribution in [-0.4, -0.2) is 29.6 Å². The van der Waals surface area contributed by atoms with Crippen LogP contribution in [0.15, 0.2) is 18.2 Å². The molecule has 1 aliphatic rings. The lowest BCUT2D eigenvalue weighted by molar-refractivity contribution is -0.139. The highest BCUT2D eigenvalue weighted by Gasteiger charge is 2.20. The second kappa shape index (κ2) is 5.73. The van der Waals surface area contributed by atoms with Crippen LogP contribution >= 0.6 is 0 Å². The number of benzene rings is 1. The average molecular weight is 262 g/mol. The van der Waals surface area contributed by atoms with Gasteiger partial charge < -0.3 is 15.7 Å². The molecule has 0 spiro atoms. The van der Waals surface area contributed by atoms with Crippen LogP contribution in [0.1, 0.15) is 35.7 Å². The van der Waals surface area contributed by atoms with Gasteiger partial charge in [0.15, 0.2) is 0 Å². The molecule has 5 nitrogen and oxygen atoms in total. The molecule has 19 heavy (non-hydrogen) atoms. The zero-order valence-electron chi connectivity index (χ0n) is 10.9. The van der Waals surface area contributed by atoms with Gasteiger partial charge in [-0.1, -0.05) is 19.4 Å². The Hall–Kier alpha value is -2.04. The Kier molecular flexibility index (Phi) is 4.04. The van der Waals surface area contributed by atoms with Gasteiger partial charge in [0.1, 0.15) is 6.04 Å². The smallest absolute Gasteiger partial charge is 0.326 e. The Labute approximate surface area is 112 Å². The molecule has 1 aromatic carbocycles. The lowest BCUT2D eigenvalue weighted by Crippen LogP contribution is -2.40. The van der Waals surface area contributed by atoms with Gasteiger partial charge in [0.25, 0.3) is 5.91 Å². The van der Waals surface area contributed by atoms with E-state index in [0.29, 0.717) is 18.4 Å². The van der Waals surface area contributed by atoms with Gasteiger partial charge in [-0.05, 0) is 30.5 Å². The minimum absolute atomic E-state index is 0.336. The zero-order chi connectivity index (χ0) is 13.8. The van der Waals surface area contributed by atoms with Crippen molar-refractivity contribution in [3.05, 3.63) is 29.3 Å². The molecule has 0 saturated heterocycles. The molecule has 0 unspecified atom stereocenters. The van der Waals surface area contributed by atoms with Crippen molar-refractivity contribution in [1.29, 1.82) is 0 Å². The third-order valence-corrected chi connectivity index (χ3v) is 3.26. The molecule has 0 saturated carbocycles. The summed E-state index contributed by atoms with van der Waals surface area (Å²) in [4.78, 5) is 23.0. The van der Waals surface area contributed by atoms with E-state index in [0.717, 1.165) is 18.7 Å². The monoisotopic (exact) mass is 262 g/mol. The first kappa shape index (κ1) is 13.4. The number of amides is 1. The van der Waals surface area contributed by atoms with Crippen LogP contribution in [0.25, 0.3) is 0 Å². The van der Waals surface area contributed by atoms with Crippen LogP contribution in [0.3, 0.4) is 0 Å². The fourth-order valence-electron chi connectivity index (χ4n) is 2.22. The first-order chi connectivity index (χ1) is 9.11. The third-order valence-electron chi connectivity index (χ3n) is 3.26. The summed E-state index contributed by atoms with van der Waals surface area (Å²) in [6.07, 6.45) is 2.11. The summed E-state index contributed by atoms with van der Waals surface area (Å²) in [6.45, 7) is 2.77. The SMILES string of the molecule is CCC[C@H](NC(=O)c1ccc2c(c1)NCC2)C(=O)O. The molecular weight excluding hydrogens is 244 g/mol. The van der Waals surface area contributed by atoms with Crippen molar-refractivity contribution in [2.45, 2.75) is 32.2 Å². The number of anilines is 1. The van der Waals surface area contributed by atoms with E-state index in [1.165, 1.54) is 5.56 Å². The Balaban J connectivity index is 2.09. The van der Waals surface area contributed by atoms with Gasteiger partial charge in [-0.15, -0.1) is 0 Å². The second-order valence-corrected chi connectivity index (χ2v) is 4.70. The van der Waals surface area contributed by atoms with Gasteiger partial charge in [0.05, 0.1) is 0 Å². The van der Waals surface area contributed by atoms with Gasteiger partial charge in [0.2, 0.25) is 0 Å². The molecule has 5 heteroatoms. The van der Waals surface area contributed by atoms with E-state index in [9.17, 15) is 9.59 Å². The fourth-order valence-corrected chi connectivity index (χ4v) is 2.22. The maximum atomic E-state index is 12.0. The zero-order valence-corrected chi connectivity index (χ0v) is 10.9. The van der Waals surface area contributed by atoms with Crippen molar-refractivity contribution in [2.75, 3.05) is 11.9 Å². The number of carbonyl (C=O) groups excluding carboxylic acids is 1. The molecule has 0 bridgehead atoms. The Morgan fingerprint density at radius 3 is 2.95 bits per heavy atom. The molecule has 1 aliphatic heterocycles. The van der Waals surface area contributed by atoms with Gasteiger partial charge in [-0.25, -0.2) is 4.79 Å². The number of carboxylic acid groups (broad SMARTS) is 1. The van der Waals surface area contributed by atoms with Gasteiger partial charge in [-0.2, -0.15) is 0 Å². The minimum atomic E-state index is -0.991. The summed E-state index contributed by atoms with van der Waals surface area (Å²) in [6, 6.07) is 4.62. The molecule has 102 valence electrons. The average Bonchev–Trinajstić information content (AvgIpc) is 2.85. The molecule has 2 rings (SSSR count). The van der Waals surface area contributed by atoms with Crippen LogP contribution in [0, 0.1) is 0 Å². The van der Waals surface area contributed by atoms with E-state index in [1.54, 1.807) is 12.1 Å². The number of hydrogen-bond donors (Lipinski definition) is 3. The van der Waals surface area contributed by atoms with Crippen molar-refractivity contribution in [3.8, 4) is 0 Å². The summed E-state index contributed by atoms with van der Waals surface area (Å²) in [5.41, 5.74) is 2.66. The van der Waals surface area contributed by atoms with Crippen molar-refractivity contribution >= 4 is 17.6 Å². The van der Waals surface area contributed by atoms with Crippen molar-refractivity contribution in [3.63, 3.8) is 0 Å². The second-order valence-electron chi connectivity index (χ2n) is 4.70. The number of aliphatic carboxylic acids is 1. The lowest BCUT2D eigenvalue weighted by Gasteiger charge is -2.14. The van der Waals surface area contributed by atoms with E-state index in [2.05, 4.69) is 10.6 Å². The first-order valence-corrected chi connectivity index (χ1v) is 6.52. The standard InChI is InChI=1S/C14H18N2O3/c1-2-3-11(14(18)19)16-13(17)10-5-4-9-6-7-15-12(9)8-10/h4-5,8,11,15H,2-3,6-7H2,1H3,(H,16,17)(H,18,19)/t11-/m0/s1. The Bertz CT molecular complexity index is 499. The minimum Gasteiger partial charge on any atom is -0.480 e. The summed E-state index contributed by atoms with van der Waals surface area (Å²) in [5.74, 6) is -1.33. The molecule has 0 aromatic heterocycles. The summed E-state index contributed by atoms with van der Waals surface area (Å²) in [7, 11) is 0. The Morgan fingerprint density at radius 2 is 2.26 bits per heavy atom. The quantitative estimate of drug-likeness (QED) is 0.753. The molecule has 1 aromatic rings. The van der Waals surface area contributed by atoms with Crippen molar-refractivity contribution in [2.24, 2.45) is 0 Å². The molecule has 0 fully saturated rings. The predicted molar refractivity (Wildman–Crippen MR) is 72.4 cm³/mol. The summed E-state index contributed by atoms with van der Waals surface area (Å²) < 4.78 is 0. The molecule has 3 N–H and O–H groups in total. The highest BCUT2D eigenvalue weighted by atomic mass is 16.4.